The summed E-state index contributed by atoms with van der Waals surface area (Å²) in [5, 5.41) is 12.3. The smallest absolute Gasteiger partial charge is 0.317 e. The standard InChI is InChI=1S/C20H34N2O3/c1-14(9-15-5-3-2-4-6-15)20(25)21-17-10-18(11-17)22(13-19(23)24)12-16-7-8-16/h14-18H,2-13H2,1H3,(H,21,25)(H,23,24). The predicted molar refractivity (Wildman–Crippen MR) is 97.2 cm³/mol. The third-order valence-corrected chi connectivity index (χ3v) is 6.36. The largest absolute Gasteiger partial charge is 0.480 e. The number of rotatable bonds is 9. The summed E-state index contributed by atoms with van der Waals surface area (Å²) in [5.74, 6) is 0.982. The van der Waals surface area contributed by atoms with E-state index in [2.05, 4.69) is 17.1 Å². The first-order chi connectivity index (χ1) is 12.0. The highest BCUT2D eigenvalue weighted by Crippen LogP contribution is 2.34. The van der Waals surface area contributed by atoms with Gasteiger partial charge in [0.1, 0.15) is 0 Å². The van der Waals surface area contributed by atoms with Crippen LogP contribution in [0, 0.1) is 17.8 Å². The van der Waals surface area contributed by atoms with E-state index < -0.39 is 5.97 Å². The number of nitrogens with one attached hydrogen (secondary N) is 1. The maximum absolute atomic E-state index is 12.4. The lowest BCUT2D eigenvalue weighted by molar-refractivity contribution is -0.140. The average molecular weight is 351 g/mol. The average Bonchev–Trinajstić information content (AvgIpc) is 3.34. The summed E-state index contributed by atoms with van der Waals surface area (Å²) in [4.78, 5) is 25.6. The van der Waals surface area contributed by atoms with Gasteiger partial charge in [0.15, 0.2) is 0 Å². The normalized spacial score (nSPS) is 28.4. The first kappa shape index (κ1) is 18.7. The van der Waals surface area contributed by atoms with E-state index in [9.17, 15) is 9.59 Å². The van der Waals surface area contributed by atoms with Crippen molar-refractivity contribution in [1.82, 2.24) is 10.2 Å². The van der Waals surface area contributed by atoms with Gasteiger partial charge in [0.25, 0.3) is 0 Å². The number of amides is 1. The fraction of sp³-hybridized carbons (Fsp3) is 0.900. The number of hydrogen-bond acceptors (Lipinski definition) is 3. The van der Waals surface area contributed by atoms with E-state index in [1.807, 2.05) is 0 Å². The Morgan fingerprint density at radius 1 is 1.08 bits per heavy atom. The summed E-state index contributed by atoms with van der Waals surface area (Å²) in [6.07, 6.45) is 11.9. The second kappa shape index (κ2) is 8.52. The van der Waals surface area contributed by atoms with Gasteiger partial charge in [0.2, 0.25) is 5.91 Å². The van der Waals surface area contributed by atoms with Crippen LogP contribution >= 0.6 is 0 Å². The van der Waals surface area contributed by atoms with Gasteiger partial charge in [0, 0.05) is 24.5 Å². The van der Waals surface area contributed by atoms with Gasteiger partial charge < -0.3 is 10.4 Å². The maximum atomic E-state index is 12.4. The molecule has 0 heterocycles. The van der Waals surface area contributed by atoms with Crippen LogP contribution in [0.5, 0.6) is 0 Å². The molecule has 3 saturated carbocycles. The highest BCUT2D eigenvalue weighted by molar-refractivity contribution is 5.78. The van der Waals surface area contributed by atoms with Crippen LogP contribution in [0.25, 0.3) is 0 Å². The molecule has 0 radical (unpaired) electrons. The Labute approximate surface area is 151 Å². The topological polar surface area (TPSA) is 69.6 Å². The van der Waals surface area contributed by atoms with Crippen molar-refractivity contribution in [3.05, 3.63) is 0 Å². The van der Waals surface area contributed by atoms with Crippen LogP contribution < -0.4 is 5.32 Å². The summed E-state index contributed by atoms with van der Waals surface area (Å²) in [6.45, 7) is 3.11. The Kier molecular flexibility index (Phi) is 6.37. The minimum absolute atomic E-state index is 0.101. The second-order valence-corrected chi connectivity index (χ2v) is 8.74. The number of carboxylic acids is 1. The fourth-order valence-corrected chi connectivity index (χ4v) is 4.53. The number of nitrogens with zero attached hydrogens (tertiary/aromatic N) is 1. The third kappa shape index (κ3) is 5.70. The first-order valence-corrected chi connectivity index (χ1v) is 10.3. The molecule has 0 aromatic rings. The summed E-state index contributed by atoms with van der Waals surface area (Å²) >= 11 is 0. The molecule has 1 amide bonds. The Morgan fingerprint density at radius 3 is 2.36 bits per heavy atom. The third-order valence-electron chi connectivity index (χ3n) is 6.36. The van der Waals surface area contributed by atoms with Crippen molar-refractivity contribution in [2.75, 3.05) is 13.1 Å². The molecule has 0 aromatic heterocycles. The van der Waals surface area contributed by atoms with Crippen molar-refractivity contribution in [3.63, 3.8) is 0 Å². The molecule has 5 heteroatoms. The molecule has 0 spiro atoms. The molecule has 0 saturated heterocycles. The van der Waals surface area contributed by atoms with Crippen molar-refractivity contribution in [2.45, 2.75) is 83.2 Å². The molecule has 3 rings (SSSR count). The van der Waals surface area contributed by atoms with Crippen LogP contribution in [0.2, 0.25) is 0 Å². The van der Waals surface area contributed by atoms with Gasteiger partial charge >= 0.3 is 5.97 Å². The zero-order valence-corrected chi connectivity index (χ0v) is 15.6. The van der Waals surface area contributed by atoms with Crippen LogP contribution in [-0.2, 0) is 9.59 Å². The number of aliphatic carboxylic acids is 1. The number of carboxylic acid groups (broad SMARTS) is 1. The lowest BCUT2D eigenvalue weighted by Crippen LogP contribution is -2.56. The van der Waals surface area contributed by atoms with Crippen LogP contribution in [0.15, 0.2) is 0 Å². The predicted octanol–water partition coefficient (Wildman–Crippen LogP) is 3.04. The number of carbonyl (C=O) groups is 2. The van der Waals surface area contributed by atoms with Crippen LogP contribution in [0.1, 0.15) is 71.1 Å². The monoisotopic (exact) mass is 350 g/mol. The minimum Gasteiger partial charge on any atom is -0.480 e. The molecule has 142 valence electrons. The number of carbonyl (C=O) groups excluding carboxylic acids is 1. The first-order valence-electron chi connectivity index (χ1n) is 10.3. The highest BCUT2D eigenvalue weighted by atomic mass is 16.4. The Morgan fingerprint density at radius 2 is 1.76 bits per heavy atom. The van der Waals surface area contributed by atoms with Crippen molar-refractivity contribution in [3.8, 4) is 0 Å². The van der Waals surface area contributed by atoms with Crippen molar-refractivity contribution >= 4 is 11.9 Å². The van der Waals surface area contributed by atoms with Gasteiger partial charge in [-0.25, -0.2) is 0 Å². The minimum atomic E-state index is -0.741. The highest BCUT2D eigenvalue weighted by Gasteiger charge is 2.38. The van der Waals surface area contributed by atoms with Gasteiger partial charge in [-0.1, -0.05) is 39.0 Å². The van der Waals surface area contributed by atoms with Gasteiger partial charge in [-0.3, -0.25) is 14.5 Å². The van der Waals surface area contributed by atoms with E-state index >= 15 is 0 Å². The van der Waals surface area contributed by atoms with Gasteiger partial charge in [0.05, 0.1) is 6.54 Å². The SMILES string of the molecule is CC(CC1CCCCC1)C(=O)NC1CC(N(CC(=O)O)CC2CC2)C1. The van der Waals surface area contributed by atoms with E-state index in [0.717, 1.165) is 31.7 Å². The second-order valence-electron chi connectivity index (χ2n) is 8.74. The van der Waals surface area contributed by atoms with E-state index in [1.54, 1.807) is 0 Å². The van der Waals surface area contributed by atoms with Crippen LogP contribution in [0.3, 0.4) is 0 Å². The molecule has 3 aliphatic rings. The Bertz CT molecular complexity index is 466. The van der Waals surface area contributed by atoms with Gasteiger partial charge in [-0.15, -0.1) is 0 Å². The quantitative estimate of drug-likeness (QED) is 0.670. The van der Waals surface area contributed by atoms with E-state index in [-0.39, 0.29) is 24.4 Å². The fourth-order valence-electron chi connectivity index (χ4n) is 4.53. The summed E-state index contributed by atoms with van der Waals surface area (Å²) in [7, 11) is 0. The maximum Gasteiger partial charge on any atom is 0.317 e. The molecule has 1 unspecified atom stereocenters. The molecule has 0 aliphatic heterocycles. The molecular formula is C20H34N2O3. The molecular weight excluding hydrogens is 316 g/mol. The zero-order chi connectivity index (χ0) is 17.8. The molecule has 3 aliphatic carbocycles. The molecule has 0 aromatic carbocycles. The van der Waals surface area contributed by atoms with Gasteiger partial charge in [-0.2, -0.15) is 0 Å². The van der Waals surface area contributed by atoms with Crippen LogP contribution in [0.4, 0.5) is 0 Å². The van der Waals surface area contributed by atoms with Crippen molar-refractivity contribution in [2.24, 2.45) is 17.8 Å². The summed E-state index contributed by atoms with van der Waals surface area (Å²) < 4.78 is 0. The van der Waals surface area contributed by atoms with Crippen molar-refractivity contribution in [1.29, 1.82) is 0 Å². The molecule has 3 fully saturated rings. The summed E-state index contributed by atoms with van der Waals surface area (Å²) in [5.41, 5.74) is 0. The molecule has 25 heavy (non-hydrogen) atoms. The molecule has 0 bridgehead atoms. The molecule has 1 atom stereocenters. The van der Waals surface area contributed by atoms with E-state index in [4.69, 9.17) is 5.11 Å². The number of hydrogen-bond donors (Lipinski definition) is 2. The van der Waals surface area contributed by atoms with Crippen LogP contribution in [-0.4, -0.2) is 47.1 Å². The zero-order valence-electron chi connectivity index (χ0n) is 15.6. The lowest BCUT2D eigenvalue weighted by atomic mass is 9.82. The van der Waals surface area contributed by atoms with Gasteiger partial charge in [-0.05, 0) is 43.9 Å². The molecule has 2 N–H and O–H groups in total. The van der Waals surface area contributed by atoms with Crippen molar-refractivity contribution < 1.29 is 14.7 Å². The Hall–Kier alpha value is -1.10. The van der Waals surface area contributed by atoms with E-state index in [0.29, 0.717) is 12.0 Å². The molecule has 5 nitrogen and oxygen atoms in total. The lowest BCUT2D eigenvalue weighted by Gasteiger charge is -2.43. The summed E-state index contributed by atoms with van der Waals surface area (Å²) in [6, 6.07) is 0.567. The van der Waals surface area contributed by atoms with E-state index in [1.165, 1.54) is 44.9 Å². The Balaban J connectivity index is 1.37.